The second kappa shape index (κ2) is 8.82. The van der Waals surface area contributed by atoms with Crippen LogP contribution in [-0.2, 0) is 9.53 Å². The van der Waals surface area contributed by atoms with Gasteiger partial charge in [-0.25, -0.2) is 4.79 Å². The molecule has 0 spiro atoms. The van der Waals surface area contributed by atoms with Crippen LogP contribution < -0.4 is 10.6 Å². The largest absolute Gasteiger partial charge is 0.444 e. The van der Waals surface area contributed by atoms with E-state index < -0.39 is 11.7 Å². The van der Waals surface area contributed by atoms with Gasteiger partial charge in [-0.1, -0.05) is 6.07 Å². The number of carbonyl (C=O) groups excluding carboxylic acids is 2. The number of amides is 2. The molecule has 2 N–H and O–H groups in total. The number of benzene rings is 1. The molecule has 0 aliphatic heterocycles. The number of rotatable bonds is 6. The van der Waals surface area contributed by atoms with E-state index in [9.17, 15) is 9.59 Å². The number of alkyl carbamates (subject to hydrolysis) is 1. The zero-order valence-electron chi connectivity index (χ0n) is 14.5. The first kappa shape index (κ1) is 19.4. The van der Waals surface area contributed by atoms with Crippen LogP contribution >= 0.6 is 11.8 Å². The average molecular weight is 338 g/mol. The standard InChI is InChI=1S/C17H26N2O3S/c1-12-6-7-14(10-13(12)2)19-15(20)11-23-9-8-18-16(21)22-17(3,4)5/h6-7,10H,8-9,11H2,1-5H3,(H,18,21)(H,19,20). The molecule has 0 saturated carbocycles. The van der Waals surface area contributed by atoms with E-state index in [1.165, 1.54) is 17.3 Å². The summed E-state index contributed by atoms with van der Waals surface area (Å²) in [4.78, 5) is 23.3. The van der Waals surface area contributed by atoms with E-state index in [2.05, 4.69) is 10.6 Å². The molecule has 0 aliphatic carbocycles. The maximum Gasteiger partial charge on any atom is 0.407 e. The van der Waals surface area contributed by atoms with Gasteiger partial charge in [0.05, 0.1) is 5.75 Å². The monoisotopic (exact) mass is 338 g/mol. The van der Waals surface area contributed by atoms with Crippen molar-refractivity contribution in [1.29, 1.82) is 0 Å². The van der Waals surface area contributed by atoms with Crippen LogP contribution in [0.4, 0.5) is 10.5 Å². The molecule has 1 aromatic rings. The van der Waals surface area contributed by atoms with Gasteiger partial charge in [0.1, 0.15) is 5.60 Å². The van der Waals surface area contributed by atoms with E-state index in [4.69, 9.17) is 4.74 Å². The Morgan fingerprint density at radius 2 is 1.87 bits per heavy atom. The number of anilines is 1. The van der Waals surface area contributed by atoms with Crippen molar-refractivity contribution in [3.8, 4) is 0 Å². The Hall–Kier alpha value is -1.69. The van der Waals surface area contributed by atoms with Gasteiger partial charge in [0.2, 0.25) is 5.91 Å². The highest BCUT2D eigenvalue weighted by Crippen LogP contribution is 2.14. The van der Waals surface area contributed by atoms with Crippen LogP contribution in [0.15, 0.2) is 18.2 Å². The molecular formula is C17H26N2O3S. The lowest BCUT2D eigenvalue weighted by Gasteiger charge is -2.19. The number of aryl methyl sites for hydroxylation is 2. The number of carbonyl (C=O) groups is 2. The summed E-state index contributed by atoms with van der Waals surface area (Å²) in [5.74, 6) is 0.957. The zero-order chi connectivity index (χ0) is 17.5. The van der Waals surface area contributed by atoms with E-state index in [1.807, 2.05) is 52.8 Å². The third-order valence-corrected chi connectivity index (χ3v) is 3.90. The van der Waals surface area contributed by atoms with E-state index in [0.29, 0.717) is 18.1 Å². The highest BCUT2D eigenvalue weighted by Gasteiger charge is 2.15. The highest BCUT2D eigenvalue weighted by molar-refractivity contribution is 7.99. The quantitative estimate of drug-likeness (QED) is 0.779. The summed E-state index contributed by atoms with van der Waals surface area (Å²) < 4.78 is 5.13. The van der Waals surface area contributed by atoms with Crippen molar-refractivity contribution >= 4 is 29.4 Å². The Morgan fingerprint density at radius 3 is 2.48 bits per heavy atom. The Labute approximate surface area is 142 Å². The lowest BCUT2D eigenvalue weighted by molar-refractivity contribution is -0.113. The Morgan fingerprint density at radius 1 is 1.17 bits per heavy atom. The fourth-order valence-electron chi connectivity index (χ4n) is 1.72. The van der Waals surface area contributed by atoms with Gasteiger partial charge in [-0.05, 0) is 57.9 Å². The molecular weight excluding hydrogens is 312 g/mol. The number of ether oxygens (including phenoxy) is 1. The fraction of sp³-hybridized carbons (Fsp3) is 0.529. The molecule has 1 rings (SSSR count). The molecule has 0 radical (unpaired) electrons. The lowest BCUT2D eigenvalue weighted by atomic mass is 10.1. The van der Waals surface area contributed by atoms with Crippen molar-refractivity contribution in [2.75, 3.05) is 23.4 Å². The molecule has 0 saturated heterocycles. The van der Waals surface area contributed by atoms with E-state index in [1.54, 1.807) is 0 Å². The SMILES string of the molecule is Cc1ccc(NC(=O)CSCCNC(=O)OC(C)(C)C)cc1C. The minimum absolute atomic E-state index is 0.0458. The normalized spacial score (nSPS) is 11.0. The minimum atomic E-state index is -0.497. The van der Waals surface area contributed by atoms with Crippen LogP contribution in [0, 0.1) is 13.8 Å². The second-order valence-corrected chi connectivity index (χ2v) is 7.43. The smallest absolute Gasteiger partial charge is 0.407 e. The maximum absolute atomic E-state index is 11.8. The molecule has 0 bridgehead atoms. The Bertz CT molecular complexity index is 553. The Kier molecular flexibility index (Phi) is 7.42. The Balaban J connectivity index is 2.19. The van der Waals surface area contributed by atoms with Crippen molar-refractivity contribution in [2.45, 2.75) is 40.2 Å². The molecule has 0 aromatic heterocycles. The zero-order valence-corrected chi connectivity index (χ0v) is 15.3. The van der Waals surface area contributed by atoms with Crippen LogP contribution in [0.1, 0.15) is 31.9 Å². The van der Waals surface area contributed by atoms with Gasteiger partial charge >= 0.3 is 6.09 Å². The van der Waals surface area contributed by atoms with Gasteiger partial charge in [-0.3, -0.25) is 4.79 Å². The summed E-state index contributed by atoms with van der Waals surface area (Å²) in [7, 11) is 0. The van der Waals surface area contributed by atoms with Crippen LogP contribution in [0.5, 0.6) is 0 Å². The molecule has 2 amide bonds. The number of hydrogen-bond acceptors (Lipinski definition) is 4. The third-order valence-electron chi connectivity index (χ3n) is 2.94. The van der Waals surface area contributed by atoms with Gasteiger partial charge in [-0.15, -0.1) is 0 Å². The summed E-state index contributed by atoms with van der Waals surface area (Å²) in [6.45, 7) is 9.97. The van der Waals surface area contributed by atoms with Gasteiger partial charge in [0.25, 0.3) is 0 Å². The highest BCUT2D eigenvalue weighted by atomic mass is 32.2. The van der Waals surface area contributed by atoms with E-state index >= 15 is 0 Å². The van der Waals surface area contributed by atoms with Gasteiger partial charge in [0, 0.05) is 18.0 Å². The number of nitrogens with one attached hydrogen (secondary N) is 2. The summed E-state index contributed by atoms with van der Waals surface area (Å²) in [5, 5.41) is 5.53. The first-order valence-corrected chi connectivity index (χ1v) is 8.74. The molecule has 0 atom stereocenters. The topological polar surface area (TPSA) is 67.4 Å². The summed E-state index contributed by atoms with van der Waals surface area (Å²) in [6.07, 6.45) is -0.433. The van der Waals surface area contributed by atoms with Crippen molar-refractivity contribution < 1.29 is 14.3 Å². The molecule has 5 nitrogen and oxygen atoms in total. The van der Waals surface area contributed by atoms with Crippen LogP contribution in [0.2, 0.25) is 0 Å². The molecule has 0 unspecified atom stereocenters. The molecule has 0 fully saturated rings. The van der Waals surface area contributed by atoms with Crippen molar-refractivity contribution in [1.82, 2.24) is 5.32 Å². The predicted octanol–water partition coefficient (Wildman–Crippen LogP) is 3.50. The predicted molar refractivity (Wildman–Crippen MR) is 96.1 cm³/mol. The summed E-state index contributed by atoms with van der Waals surface area (Å²) >= 11 is 1.47. The van der Waals surface area contributed by atoms with Crippen molar-refractivity contribution in [3.63, 3.8) is 0 Å². The summed E-state index contributed by atoms with van der Waals surface area (Å²) in [5.41, 5.74) is 2.66. The third kappa shape index (κ3) is 8.50. The first-order valence-electron chi connectivity index (χ1n) is 7.59. The molecule has 0 heterocycles. The minimum Gasteiger partial charge on any atom is -0.444 e. The first-order chi connectivity index (χ1) is 10.7. The van der Waals surface area contributed by atoms with Crippen LogP contribution in [0.3, 0.4) is 0 Å². The fourth-order valence-corrected chi connectivity index (χ4v) is 2.37. The van der Waals surface area contributed by atoms with E-state index in [0.717, 1.165) is 11.3 Å². The summed E-state index contributed by atoms with van der Waals surface area (Å²) in [6, 6.07) is 5.85. The molecule has 0 aliphatic rings. The number of hydrogen-bond donors (Lipinski definition) is 2. The average Bonchev–Trinajstić information content (AvgIpc) is 2.40. The van der Waals surface area contributed by atoms with Crippen molar-refractivity contribution in [3.05, 3.63) is 29.3 Å². The molecule has 1 aromatic carbocycles. The number of thioether (sulfide) groups is 1. The molecule has 6 heteroatoms. The van der Waals surface area contributed by atoms with Crippen molar-refractivity contribution in [2.24, 2.45) is 0 Å². The van der Waals surface area contributed by atoms with Gasteiger partial charge in [-0.2, -0.15) is 11.8 Å². The lowest BCUT2D eigenvalue weighted by Crippen LogP contribution is -2.33. The molecule has 128 valence electrons. The van der Waals surface area contributed by atoms with Gasteiger partial charge < -0.3 is 15.4 Å². The van der Waals surface area contributed by atoms with E-state index in [-0.39, 0.29) is 5.91 Å². The molecule has 23 heavy (non-hydrogen) atoms. The maximum atomic E-state index is 11.8. The van der Waals surface area contributed by atoms with Gasteiger partial charge in [0.15, 0.2) is 0 Å². The van der Waals surface area contributed by atoms with Crippen LogP contribution in [-0.4, -0.2) is 35.7 Å². The second-order valence-electron chi connectivity index (χ2n) is 6.33. The van der Waals surface area contributed by atoms with Crippen LogP contribution in [0.25, 0.3) is 0 Å².